The molecule has 17 heavy (non-hydrogen) atoms. The molecule has 0 amide bonds. The van der Waals surface area contributed by atoms with Gasteiger partial charge in [0.25, 0.3) is 0 Å². The van der Waals surface area contributed by atoms with Crippen LogP contribution < -0.4 is 5.32 Å². The van der Waals surface area contributed by atoms with Crippen molar-refractivity contribution in [2.24, 2.45) is 0 Å². The predicted molar refractivity (Wildman–Crippen MR) is 64.0 cm³/mol. The van der Waals surface area contributed by atoms with Crippen LogP contribution in [-0.4, -0.2) is 18.6 Å². The lowest BCUT2D eigenvalue weighted by atomic mass is 10.2. The van der Waals surface area contributed by atoms with Crippen molar-refractivity contribution in [2.45, 2.75) is 32.9 Å². The first-order valence-electron chi connectivity index (χ1n) is 5.73. The minimum atomic E-state index is -0.295. The van der Waals surface area contributed by atoms with Crippen LogP contribution in [0.2, 0.25) is 0 Å². The van der Waals surface area contributed by atoms with Gasteiger partial charge in [0.2, 0.25) is 0 Å². The van der Waals surface area contributed by atoms with E-state index in [0.717, 1.165) is 6.42 Å². The van der Waals surface area contributed by atoms with Gasteiger partial charge in [-0.25, -0.2) is 4.39 Å². The maximum absolute atomic E-state index is 13.3. The smallest absolute Gasteiger partial charge is 0.302 e. The van der Waals surface area contributed by atoms with Gasteiger partial charge < -0.3 is 10.1 Å². The van der Waals surface area contributed by atoms with E-state index in [1.54, 1.807) is 18.2 Å². The highest BCUT2D eigenvalue weighted by atomic mass is 19.1. The third-order valence-electron chi connectivity index (χ3n) is 2.52. The Kier molecular flexibility index (Phi) is 5.63. The van der Waals surface area contributed by atoms with Gasteiger partial charge in [-0.3, -0.25) is 4.79 Å². The molecule has 0 fully saturated rings. The predicted octanol–water partition coefficient (Wildman–Crippen LogP) is 2.26. The first-order chi connectivity index (χ1) is 8.13. The average Bonchev–Trinajstić information content (AvgIpc) is 2.31. The lowest BCUT2D eigenvalue weighted by molar-refractivity contribution is -0.141. The van der Waals surface area contributed by atoms with Crippen molar-refractivity contribution in [1.29, 1.82) is 0 Å². The molecule has 1 rings (SSSR count). The molecule has 0 saturated carbocycles. The minimum Gasteiger partial charge on any atom is -0.464 e. The van der Waals surface area contributed by atoms with Gasteiger partial charge in [-0.2, -0.15) is 0 Å². The Balaban J connectivity index is 2.42. The molecule has 0 radical (unpaired) electrons. The molecular weight excluding hydrogens is 221 g/mol. The lowest BCUT2D eigenvalue weighted by Gasteiger charge is -2.16. The summed E-state index contributed by atoms with van der Waals surface area (Å²) in [5.41, 5.74) is 0.619. The van der Waals surface area contributed by atoms with E-state index in [4.69, 9.17) is 4.74 Å². The summed E-state index contributed by atoms with van der Waals surface area (Å²) >= 11 is 0. The van der Waals surface area contributed by atoms with Crippen molar-refractivity contribution in [3.05, 3.63) is 35.6 Å². The quantitative estimate of drug-likeness (QED) is 0.774. The highest BCUT2D eigenvalue weighted by Gasteiger charge is 2.08. The first kappa shape index (κ1) is 13.6. The van der Waals surface area contributed by atoms with E-state index in [-0.39, 0.29) is 17.8 Å². The maximum Gasteiger partial charge on any atom is 0.302 e. The summed E-state index contributed by atoms with van der Waals surface area (Å²) in [4.78, 5) is 10.7. The van der Waals surface area contributed by atoms with Crippen molar-refractivity contribution in [1.82, 2.24) is 5.32 Å². The van der Waals surface area contributed by atoms with Crippen molar-refractivity contribution in [2.75, 3.05) is 6.61 Å². The van der Waals surface area contributed by atoms with E-state index < -0.39 is 0 Å². The zero-order valence-corrected chi connectivity index (χ0v) is 10.2. The Morgan fingerprint density at radius 2 is 2.18 bits per heavy atom. The van der Waals surface area contributed by atoms with Gasteiger partial charge in [0, 0.05) is 25.1 Å². The third kappa shape index (κ3) is 4.95. The number of hydrogen-bond donors (Lipinski definition) is 1. The van der Waals surface area contributed by atoms with E-state index in [1.165, 1.54) is 13.0 Å². The second-order valence-electron chi connectivity index (χ2n) is 3.88. The topological polar surface area (TPSA) is 38.3 Å². The van der Waals surface area contributed by atoms with E-state index >= 15 is 0 Å². The summed E-state index contributed by atoms with van der Waals surface area (Å²) in [5.74, 6) is -0.515. The highest BCUT2D eigenvalue weighted by Crippen LogP contribution is 2.06. The Morgan fingerprint density at radius 3 is 2.76 bits per heavy atom. The number of carbonyl (C=O) groups excluding carboxylic acids is 1. The zero-order valence-electron chi connectivity index (χ0n) is 10.2. The standard InChI is InChI=1S/C13H18FNO2/c1-3-12(9-17-10(2)16)15-8-11-6-4-5-7-13(11)14/h4-7,12,15H,3,8-9H2,1-2H3. The number of esters is 1. The molecule has 0 aliphatic rings. The maximum atomic E-state index is 13.3. The number of nitrogens with one attached hydrogen (secondary N) is 1. The molecular formula is C13H18FNO2. The molecule has 0 spiro atoms. The third-order valence-corrected chi connectivity index (χ3v) is 2.52. The molecule has 1 unspecified atom stereocenters. The minimum absolute atomic E-state index is 0.0542. The fourth-order valence-electron chi connectivity index (χ4n) is 1.44. The summed E-state index contributed by atoms with van der Waals surface area (Å²) in [6, 6.07) is 6.69. The monoisotopic (exact) mass is 239 g/mol. The normalized spacial score (nSPS) is 12.2. The molecule has 1 atom stereocenters. The van der Waals surface area contributed by atoms with E-state index in [9.17, 15) is 9.18 Å². The van der Waals surface area contributed by atoms with Gasteiger partial charge in [-0.15, -0.1) is 0 Å². The van der Waals surface area contributed by atoms with Crippen LogP contribution in [0.5, 0.6) is 0 Å². The van der Waals surface area contributed by atoms with E-state index in [1.807, 2.05) is 6.92 Å². The van der Waals surface area contributed by atoms with Gasteiger partial charge in [0.15, 0.2) is 0 Å². The first-order valence-corrected chi connectivity index (χ1v) is 5.73. The summed E-state index contributed by atoms with van der Waals surface area (Å²) in [7, 11) is 0. The Morgan fingerprint density at radius 1 is 1.47 bits per heavy atom. The molecule has 0 heterocycles. The van der Waals surface area contributed by atoms with Crippen LogP contribution in [-0.2, 0) is 16.1 Å². The number of ether oxygens (including phenoxy) is 1. The number of halogens is 1. The van der Waals surface area contributed by atoms with Crippen LogP contribution in [0.15, 0.2) is 24.3 Å². The van der Waals surface area contributed by atoms with E-state index in [0.29, 0.717) is 18.7 Å². The Hall–Kier alpha value is -1.42. The van der Waals surface area contributed by atoms with Gasteiger partial charge >= 0.3 is 5.97 Å². The molecule has 0 saturated heterocycles. The van der Waals surface area contributed by atoms with Crippen LogP contribution in [0.1, 0.15) is 25.8 Å². The lowest BCUT2D eigenvalue weighted by Crippen LogP contribution is -2.33. The van der Waals surface area contributed by atoms with Crippen molar-refractivity contribution in [3.8, 4) is 0 Å². The van der Waals surface area contributed by atoms with Gasteiger partial charge in [0.1, 0.15) is 12.4 Å². The molecule has 3 nitrogen and oxygen atoms in total. The second kappa shape index (κ2) is 7.01. The molecule has 4 heteroatoms. The fourth-order valence-corrected chi connectivity index (χ4v) is 1.44. The largest absolute Gasteiger partial charge is 0.464 e. The van der Waals surface area contributed by atoms with E-state index in [2.05, 4.69) is 5.32 Å². The van der Waals surface area contributed by atoms with Crippen LogP contribution >= 0.6 is 0 Å². The number of hydrogen-bond acceptors (Lipinski definition) is 3. The molecule has 0 aliphatic heterocycles. The molecule has 0 aromatic heterocycles. The molecule has 0 bridgehead atoms. The Bertz CT molecular complexity index is 368. The van der Waals surface area contributed by atoms with Crippen LogP contribution in [0.4, 0.5) is 4.39 Å². The second-order valence-corrected chi connectivity index (χ2v) is 3.88. The van der Waals surface area contributed by atoms with Gasteiger partial charge in [-0.1, -0.05) is 25.1 Å². The van der Waals surface area contributed by atoms with Crippen LogP contribution in [0.25, 0.3) is 0 Å². The summed E-state index contributed by atoms with van der Waals surface area (Å²) < 4.78 is 18.3. The highest BCUT2D eigenvalue weighted by molar-refractivity contribution is 5.65. The van der Waals surface area contributed by atoms with Crippen LogP contribution in [0, 0.1) is 5.82 Å². The van der Waals surface area contributed by atoms with Crippen LogP contribution in [0.3, 0.4) is 0 Å². The van der Waals surface area contributed by atoms with Crippen molar-refractivity contribution >= 4 is 5.97 Å². The summed E-state index contributed by atoms with van der Waals surface area (Å²) in [5, 5.41) is 3.16. The molecule has 1 aromatic carbocycles. The summed E-state index contributed by atoms with van der Waals surface area (Å²) in [6.45, 7) is 4.12. The van der Waals surface area contributed by atoms with Crippen molar-refractivity contribution < 1.29 is 13.9 Å². The molecule has 1 aromatic rings. The average molecular weight is 239 g/mol. The summed E-state index contributed by atoms with van der Waals surface area (Å²) in [6.07, 6.45) is 0.821. The fraction of sp³-hybridized carbons (Fsp3) is 0.462. The molecule has 1 N–H and O–H groups in total. The Labute approximate surface area is 101 Å². The molecule has 0 aliphatic carbocycles. The molecule has 94 valence electrons. The number of rotatable bonds is 6. The zero-order chi connectivity index (χ0) is 12.7. The van der Waals surface area contributed by atoms with Gasteiger partial charge in [0.05, 0.1) is 0 Å². The SMILES string of the molecule is CCC(COC(C)=O)NCc1ccccc1F. The van der Waals surface area contributed by atoms with Crippen molar-refractivity contribution in [3.63, 3.8) is 0 Å². The van der Waals surface area contributed by atoms with Gasteiger partial charge in [-0.05, 0) is 12.5 Å². The number of benzene rings is 1. The number of carbonyl (C=O) groups is 1.